The van der Waals surface area contributed by atoms with Crippen molar-refractivity contribution in [3.8, 4) is 11.5 Å². The third-order valence-electron chi connectivity index (χ3n) is 5.18. The first-order chi connectivity index (χ1) is 15.3. The number of esters is 1. The molecule has 1 N–H and O–H groups in total. The number of hydrogen-bond acceptors (Lipinski definition) is 7. The standard InChI is InChI=1S/C21H18ClN3O6S/c1-11-18(20(26)29-2)19(14-9-13(25(27)28)3-5-15(14)22)23-21(32)24(11)12-4-6-16-17(10-12)31-8-7-30-16/h3-6,9-10,19H,7-8H2,1-2H3,(H,23,32)/t19-/m1/s1. The molecule has 0 unspecified atom stereocenters. The van der Waals surface area contributed by atoms with Crippen LogP contribution in [-0.4, -0.2) is 36.3 Å². The average molecular weight is 476 g/mol. The van der Waals surface area contributed by atoms with Crippen molar-refractivity contribution < 1.29 is 23.9 Å². The molecule has 2 aromatic carbocycles. The molecule has 0 radical (unpaired) electrons. The Morgan fingerprint density at radius 3 is 2.66 bits per heavy atom. The third-order valence-corrected chi connectivity index (χ3v) is 5.82. The number of hydrogen-bond donors (Lipinski definition) is 1. The monoisotopic (exact) mass is 475 g/mol. The topological polar surface area (TPSA) is 103 Å². The molecule has 32 heavy (non-hydrogen) atoms. The molecule has 9 nitrogen and oxygen atoms in total. The van der Waals surface area contributed by atoms with Crippen LogP contribution in [0, 0.1) is 10.1 Å². The van der Waals surface area contributed by atoms with E-state index in [4.69, 9.17) is 38.0 Å². The van der Waals surface area contributed by atoms with Crippen LogP contribution < -0.4 is 19.7 Å². The zero-order chi connectivity index (χ0) is 23.0. The Hall–Kier alpha value is -3.37. The number of allylic oxidation sites excluding steroid dienone is 1. The number of fused-ring (bicyclic) bond motifs is 1. The van der Waals surface area contributed by atoms with Crippen LogP contribution in [0.2, 0.25) is 5.02 Å². The maximum absolute atomic E-state index is 12.8. The number of halogens is 1. The smallest absolute Gasteiger partial charge is 0.337 e. The highest BCUT2D eigenvalue weighted by Gasteiger charge is 2.37. The number of thiocarbonyl (C=S) groups is 1. The van der Waals surface area contributed by atoms with E-state index in [1.807, 2.05) is 0 Å². The van der Waals surface area contributed by atoms with Crippen molar-refractivity contribution in [2.24, 2.45) is 0 Å². The summed E-state index contributed by atoms with van der Waals surface area (Å²) in [6.07, 6.45) is 0. The molecule has 2 aromatic rings. The minimum atomic E-state index is -0.837. The van der Waals surface area contributed by atoms with Gasteiger partial charge in [-0.25, -0.2) is 4.79 Å². The van der Waals surface area contributed by atoms with Crippen LogP contribution in [0.5, 0.6) is 11.5 Å². The maximum atomic E-state index is 12.8. The van der Waals surface area contributed by atoms with Gasteiger partial charge in [0.1, 0.15) is 13.2 Å². The van der Waals surface area contributed by atoms with E-state index in [1.54, 1.807) is 30.0 Å². The summed E-state index contributed by atoms with van der Waals surface area (Å²) in [6.45, 7) is 2.61. The van der Waals surface area contributed by atoms with Gasteiger partial charge in [-0.2, -0.15) is 0 Å². The summed E-state index contributed by atoms with van der Waals surface area (Å²) in [6, 6.07) is 8.51. The van der Waals surface area contributed by atoms with Gasteiger partial charge >= 0.3 is 5.97 Å². The summed E-state index contributed by atoms with van der Waals surface area (Å²) >= 11 is 12.0. The van der Waals surface area contributed by atoms with E-state index >= 15 is 0 Å². The van der Waals surface area contributed by atoms with E-state index in [-0.39, 0.29) is 21.4 Å². The summed E-state index contributed by atoms with van der Waals surface area (Å²) in [5.74, 6) is 0.562. The van der Waals surface area contributed by atoms with Crippen molar-refractivity contribution in [1.82, 2.24) is 5.32 Å². The number of nitro groups is 1. The molecule has 1 atom stereocenters. The van der Waals surface area contributed by atoms with Gasteiger partial charge in [0.05, 0.1) is 29.3 Å². The summed E-state index contributed by atoms with van der Waals surface area (Å²) in [4.78, 5) is 25.2. The lowest BCUT2D eigenvalue weighted by atomic mass is 9.94. The predicted octanol–water partition coefficient (Wildman–Crippen LogP) is 3.90. The Bertz CT molecular complexity index is 1170. The number of rotatable bonds is 4. The second kappa shape index (κ2) is 8.64. The number of methoxy groups -OCH3 is 1. The zero-order valence-corrected chi connectivity index (χ0v) is 18.7. The predicted molar refractivity (Wildman–Crippen MR) is 121 cm³/mol. The maximum Gasteiger partial charge on any atom is 0.337 e. The molecule has 0 spiro atoms. The number of anilines is 1. The van der Waals surface area contributed by atoms with E-state index in [9.17, 15) is 14.9 Å². The van der Waals surface area contributed by atoms with Crippen LogP contribution in [0.25, 0.3) is 0 Å². The Kier molecular flexibility index (Phi) is 5.90. The Morgan fingerprint density at radius 2 is 1.97 bits per heavy atom. The van der Waals surface area contributed by atoms with Crippen molar-refractivity contribution in [1.29, 1.82) is 0 Å². The van der Waals surface area contributed by atoms with Gasteiger partial charge in [-0.3, -0.25) is 15.0 Å². The Morgan fingerprint density at radius 1 is 1.25 bits per heavy atom. The van der Waals surface area contributed by atoms with Crippen molar-refractivity contribution in [3.05, 3.63) is 68.4 Å². The van der Waals surface area contributed by atoms with Gasteiger partial charge in [0.25, 0.3) is 5.69 Å². The quantitative estimate of drug-likeness (QED) is 0.305. The Balaban J connectivity index is 1.84. The van der Waals surface area contributed by atoms with Crippen LogP contribution >= 0.6 is 23.8 Å². The summed E-state index contributed by atoms with van der Waals surface area (Å²) in [5, 5.41) is 14.9. The number of ether oxygens (including phenoxy) is 3. The first kappa shape index (κ1) is 21.8. The first-order valence-corrected chi connectivity index (χ1v) is 10.3. The molecule has 4 rings (SSSR count). The molecule has 166 valence electrons. The fourth-order valence-electron chi connectivity index (χ4n) is 3.70. The van der Waals surface area contributed by atoms with Gasteiger partial charge in [0.2, 0.25) is 0 Å². The normalized spacial score (nSPS) is 17.7. The van der Waals surface area contributed by atoms with Gasteiger partial charge in [-0.05, 0) is 37.3 Å². The molecule has 0 bridgehead atoms. The van der Waals surface area contributed by atoms with Crippen LogP contribution in [0.3, 0.4) is 0 Å². The van der Waals surface area contributed by atoms with Crippen molar-refractivity contribution in [2.45, 2.75) is 13.0 Å². The number of non-ortho nitro benzene ring substituents is 1. The molecule has 0 aliphatic carbocycles. The molecule has 2 aliphatic heterocycles. The molecule has 2 heterocycles. The number of benzene rings is 2. The van der Waals surface area contributed by atoms with Crippen molar-refractivity contribution in [3.63, 3.8) is 0 Å². The molecular formula is C21H18ClN3O6S. The molecule has 2 aliphatic rings. The summed E-state index contributed by atoms with van der Waals surface area (Å²) in [5.41, 5.74) is 1.54. The minimum Gasteiger partial charge on any atom is -0.486 e. The van der Waals surface area contributed by atoms with Crippen LogP contribution in [0.1, 0.15) is 18.5 Å². The second-order valence-corrected chi connectivity index (χ2v) is 7.79. The molecule has 0 saturated heterocycles. The van der Waals surface area contributed by atoms with Crippen LogP contribution in [0.4, 0.5) is 11.4 Å². The highest BCUT2D eigenvalue weighted by molar-refractivity contribution is 7.80. The molecule has 0 amide bonds. The highest BCUT2D eigenvalue weighted by Crippen LogP contribution is 2.40. The number of nitro benzene ring substituents is 1. The fourth-order valence-corrected chi connectivity index (χ4v) is 4.29. The van der Waals surface area contributed by atoms with Gasteiger partial charge in [-0.1, -0.05) is 11.6 Å². The summed E-state index contributed by atoms with van der Waals surface area (Å²) < 4.78 is 16.2. The molecule has 0 fully saturated rings. The Labute approximate surface area is 193 Å². The fraction of sp³-hybridized carbons (Fsp3) is 0.238. The summed E-state index contributed by atoms with van der Waals surface area (Å²) in [7, 11) is 1.26. The SMILES string of the molecule is COC(=O)C1=C(C)N(c2ccc3c(c2)OCCO3)C(=S)N[C@@H]1c1cc([N+](=O)[O-])ccc1Cl. The van der Waals surface area contributed by atoms with Gasteiger partial charge in [-0.15, -0.1) is 0 Å². The average Bonchev–Trinajstić information content (AvgIpc) is 2.78. The molecule has 0 aromatic heterocycles. The molecular weight excluding hydrogens is 458 g/mol. The van der Waals surface area contributed by atoms with E-state index in [0.717, 1.165) is 0 Å². The van der Waals surface area contributed by atoms with Crippen molar-refractivity contribution >= 4 is 46.3 Å². The number of carbonyl (C=O) groups is 1. The van der Waals surface area contributed by atoms with Crippen molar-refractivity contribution in [2.75, 3.05) is 25.2 Å². The van der Waals surface area contributed by atoms with Gasteiger partial charge in [0, 0.05) is 34.5 Å². The van der Waals surface area contributed by atoms with E-state index in [2.05, 4.69) is 5.32 Å². The van der Waals surface area contributed by atoms with Crippen LogP contribution in [-0.2, 0) is 9.53 Å². The zero-order valence-electron chi connectivity index (χ0n) is 17.1. The molecule has 11 heteroatoms. The van der Waals surface area contributed by atoms with Gasteiger partial charge < -0.3 is 19.5 Å². The molecule has 0 saturated carbocycles. The minimum absolute atomic E-state index is 0.159. The van der Waals surface area contributed by atoms with E-state index in [1.165, 1.54) is 25.3 Å². The van der Waals surface area contributed by atoms with E-state index < -0.39 is 16.9 Å². The number of nitrogens with zero attached hydrogens (tertiary/aromatic N) is 2. The second-order valence-electron chi connectivity index (χ2n) is 7.00. The number of carbonyl (C=O) groups excluding carboxylic acids is 1. The largest absolute Gasteiger partial charge is 0.486 e. The lowest BCUT2D eigenvalue weighted by Gasteiger charge is -2.37. The number of nitrogens with one attached hydrogen (secondary N) is 1. The lowest BCUT2D eigenvalue weighted by Crippen LogP contribution is -2.48. The van der Waals surface area contributed by atoms with E-state index in [0.29, 0.717) is 41.7 Å². The van der Waals surface area contributed by atoms with Gasteiger partial charge in [0.15, 0.2) is 16.6 Å². The van der Waals surface area contributed by atoms with Crippen LogP contribution in [0.15, 0.2) is 47.7 Å². The highest BCUT2D eigenvalue weighted by atomic mass is 35.5. The first-order valence-electron chi connectivity index (χ1n) is 9.55. The lowest BCUT2D eigenvalue weighted by molar-refractivity contribution is -0.384. The third kappa shape index (κ3) is 3.82.